The van der Waals surface area contributed by atoms with Crippen molar-refractivity contribution in [1.29, 1.82) is 0 Å². The second-order valence-electron chi connectivity index (χ2n) is 8.49. The van der Waals surface area contributed by atoms with Crippen molar-refractivity contribution in [3.05, 3.63) is 66.2 Å². The minimum Gasteiger partial charge on any atom is -0.351 e. The molecule has 0 bridgehead atoms. The molecular weight excluding hydrogens is 428 g/mol. The van der Waals surface area contributed by atoms with Crippen molar-refractivity contribution >= 4 is 22.9 Å². The van der Waals surface area contributed by atoms with Crippen molar-refractivity contribution in [2.24, 2.45) is 0 Å². The molecule has 174 valence electrons. The highest BCUT2D eigenvalue weighted by molar-refractivity contribution is 6.00. The number of pyridine rings is 2. The molecule has 0 atom stereocenters. The minimum absolute atomic E-state index is 0.159. The number of fused-ring (bicyclic) bond motifs is 1. The number of rotatable bonds is 7. The van der Waals surface area contributed by atoms with E-state index in [1.165, 1.54) is 19.3 Å². The van der Waals surface area contributed by atoms with Crippen molar-refractivity contribution in [2.75, 3.05) is 31.5 Å². The van der Waals surface area contributed by atoms with Gasteiger partial charge in [-0.25, -0.2) is 14.5 Å². The zero-order chi connectivity index (χ0) is 23.3. The summed E-state index contributed by atoms with van der Waals surface area (Å²) in [6.07, 6.45) is 8.87. The van der Waals surface area contributed by atoms with E-state index < -0.39 is 0 Å². The van der Waals surface area contributed by atoms with Gasteiger partial charge < -0.3 is 15.5 Å². The van der Waals surface area contributed by atoms with E-state index in [1.807, 2.05) is 43.5 Å². The molecule has 1 aliphatic rings. The van der Waals surface area contributed by atoms with Crippen molar-refractivity contribution in [2.45, 2.75) is 26.2 Å². The number of aryl methyl sites for hydroxylation is 1. The first-order valence-corrected chi connectivity index (χ1v) is 11.7. The number of carbonyl (C=O) groups is 1. The Hall–Kier alpha value is -3.85. The van der Waals surface area contributed by atoms with Gasteiger partial charge in [-0.15, -0.1) is 5.10 Å². The predicted octanol–water partition coefficient (Wildman–Crippen LogP) is 3.45. The molecule has 0 aromatic carbocycles. The summed E-state index contributed by atoms with van der Waals surface area (Å²) in [5.74, 6) is 0.928. The highest BCUT2D eigenvalue weighted by Gasteiger charge is 2.16. The summed E-state index contributed by atoms with van der Waals surface area (Å²) < 4.78 is 1.76. The van der Waals surface area contributed by atoms with Crippen LogP contribution in [0.5, 0.6) is 0 Å². The maximum absolute atomic E-state index is 13.0. The Morgan fingerprint density at radius 2 is 1.94 bits per heavy atom. The Kier molecular flexibility index (Phi) is 6.44. The number of likely N-dealkylation sites (tertiary alicyclic amines) is 1. The quantitative estimate of drug-likeness (QED) is 0.439. The third-order valence-electron chi connectivity index (χ3n) is 5.99. The number of aromatic nitrogens is 5. The Balaban J connectivity index is 1.38. The molecular formula is C25H28N8O. The zero-order valence-electron chi connectivity index (χ0n) is 19.2. The molecule has 1 saturated heterocycles. The third-order valence-corrected chi connectivity index (χ3v) is 5.99. The highest BCUT2D eigenvalue weighted by Crippen LogP contribution is 2.25. The minimum atomic E-state index is -0.159. The van der Waals surface area contributed by atoms with Crippen molar-refractivity contribution in [3.8, 4) is 11.5 Å². The number of hydrogen-bond acceptors (Lipinski definition) is 7. The number of piperidine rings is 1. The molecule has 1 aliphatic heterocycles. The SMILES string of the molecule is Cc1cccc(-c2nc(Nc3ccncc3C(=O)NCCN3CCCCC3)c3cccn3n2)n1. The average molecular weight is 457 g/mol. The first kappa shape index (κ1) is 22.0. The van der Waals surface area contributed by atoms with Crippen molar-refractivity contribution in [3.63, 3.8) is 0 Å². The number of hydrogen-bond donors (Lipinski definition) is 2. The highest BCUT2D eigenvalue weighted by atomic mass is 16.1. The average Bonchev–Trinajstić information content (AvgIpc) is 3.34. The number of amides is 1. The standard InChI is InChI=1S/C25H28N8O/c1-18-7-5-8-21(28-18)23-30-24(22-9-6-15-33(22)31-23)29-20-10-11-26-17-19(20)25(34)27-12-16-32-13-3-2-4-14-32/h5-11,15,17H,2-4,12-14,16H2,1H3,(H,27,34)(H,26,29,30,31). The molecule has 1 amide bonds. The van der Waals surface area contributed by atoms with Gasteiger partial charge in [-0.2, -0.15) is 0 Å². The monoisotopic (exact) mass is 456 g/mol. The lowest BCUT2D eigenvalue weighted by Gasteiger charge is -2.26. The molecule has 9 nitrogen and oxygen atoms in total. The normalized spacial score (nSPS) is 14.3. The number of anilines is 2. The van der Waals surface area contributed by atoms with Gasteiger partial charge in [0, 0.05) is 37.4 Å². The van der Waals surface area contributed by atoms with Crippen LogP contribution in [-0.4, -0.2) is 61.6 Å². The second-order valence-corrected chi connectivity index (χ2v) is 8.49. The summed E-state index contributed by atoms with van der Waals surface area (Å²) in [7, 11) is 0. The van der Waals surface area contributed by atoms with Gasteiger partial charge in [0.25, 0.3) is 5.91 Å². The molecule has 9 heteroatoms. The van der Waals surface area contributed by atoms with E-state index in [0.717, 1.165) is 30.8 Å². The fraction of sp³-hybridized carbons (Fsp3) is 0.320. The lowest BCUT2D eigenvalue weighted by Crippen LogP contribution is -2.37. The van der Waals surface area contributed by atoms with Gasteiger partial charge in [0.2, 0.25) is 5.82 Å². The zero-order valence-corrected chi connectivity index (χ0v) is 19.2. The molecule has 2 N–H and O–H groups in total. The lowest BCUT2D eigenvalue weighted by molar-refractivity contribution is 0.0947. The summed E-state index contributed by atoms with van der Waals surface area (Å²) >= 11 is 0. The summed E-state index contributed by atoms with van der Waals surface area (Å²) in [6.45, 7) is 5.61. The Morgan fingerprint density at radius 1 is 1.06 bits per heavy atom. The van der Waals surface area contributed by atoms with Gasteiger partial charge in [0.1, 0.15) is 11.2 Å². The smallest absolute Gasteiger partial charge is 0.255 e. The van der Waals surface area contributed by atoms with E-state index in [-0.39, 0.29) is 5.91 Å². The van der Waals surface area contributed by atoms with E-state index >= 15 is 0 Å². The van der Waals surface area contributed by atoms with Crippen LogP contribution in [0.3, 0.4) is 0 Å². The van der Waals surface area contributed by atoms with Crippen molar-refractivity contribution in [1.82, 2.24) is 34.8 Å². The van der Waals surface area contributed by atoms with Crippen molar-refractivity contribution < 1.29 is 4.79 Å². The molecule has 4 aromatic rings. The van der Waals surface area contributed by atoms with Crippen LogP contribution >= 0.6 is 0 Å². The van der Waals surface area contributed by atoms with Crippen LogP contribution in [0.25, 0.3) is 17.0 Å². The lowest BCUT2D eigenvalue weighted by atomic mass is 10.1. The first-order chi connectivity index (χ1) is 16.7. The number of nitrogens with one attached hydrogen (secondary N) is 2. The summed E-state index contributed by atoms with van der Waals surface area (Å²) in [6, 6.07) is 11.4. The molecule has 0 aliphatic carbocycles. The summed E-state index contributed by atoms with van der Waals surface area (Å²) in [5.41, 5.74) is 3.48. The molecule has 34 heavy (non-hydrogen) atoms. The van der Waals surface area contributed by atoms with Gasteiger partial charge in [-0.05, 0) is 63.2 Å². The molecule has 1 fully saturated rings. The van der Waals surface area contributed by atoms with Crippen LogP contribution in [0.15, 0.2) is 55.0 Å². The topological polar surface area (TPSA) is 100 Å². The molecule has 5 heterocycles. The van der Waals surface area contributed by atoms with Gasteiger partial charge in [0.05, 0.1) is 11.3 Å². The molecule has 4 aromatic heterocycles. The Morgan fingerprint density at radius 3 is 2.79 bits per heavy atom. The third kappa shape index (κ3) is 4.89. The van der Waals surface area contributed by atoms with Crippen LogP contribution in [0, 0.1) is 6.92 Å². The van der Waals surface area contributed by atoms with Crippen LogP contribution < -0.4 is 10.6 Å². The first-order valence-electron chi connectivity index (χ1n) is 11.7. The molecule has 0 unspecified atom stereocenters. The Labute approximate surface area is 198 Å². The number of nitrogens with zero attached hydrogens (tertiary/aromatic N) is 6. The van der Waals surface area contributed by atoms with E-state index in [4.69, 9.17) is 4.98 Å². The maximum atomic E-state index is 13.0. The largest absolute Gasteiger partial charge is 0.351 e. The molecule has 0 spiro atoms. The van der Waals surface area contributed by atoms with Crippen LogP contribution in [0.4, 0.5) is 11.5 Å². The van der Waals surface area contributed by atoms with Crippen LogP contribution in [0.1, 0.15) is 35.3 Å². The molecule has 0 saturated carbocycles. The van der Waals surface area contributed by atoms with E-state index in [1.54, 1.807) is 23.0 Å². The van der Waals surface area contributed by atoms with E-state index in [9.17, 15) is 4.79 Å². The maximum Gasteiger partial charge on any atom is 0.255 e. The van der Waals surface area contributed by atoms with Gasteiger partial charge >= 0.3 is 0 Å². The van der Waals surface area contributed by atoms with Crippen LogP contribution in [-0.2, 0) is 0 Å². The second kappa shape index (κ2) is 9.96. The fourth-order valence-corrected chi connectivity index (χ4v) is 4.22. The molecule has 0 radical (unpaired) electrons. The van der Waals surface area contributed by atoms with Gasteiger partial charge in [-0.3, -0.25) is 9.78 Å². The summed E-state index contributed by atoms with van der Waals surface area (Å²) in [4.78, 5) is 28.8. The summed E-state index contributed by atoms with van der Waals surface area (Å²) in [5, 5.41) is 11.0. The van der Waals surface area contributed by atoms with Crippen LogP contribution in [0.2, 0.25) is 0 Å². The number of carbonyl (C=O) groups excluding carboxylic acids is 1. The van der Waals surface area contributed by atoms with Gasteiger partial charge in [-0.1, -0.05) is 12.5 Å². The van der Waals surface area contributed by atoms with Gasteiger partial charge in [0.15, 0.2) is 5.82 Å². The fourth-order valence-electron chi connectivity index (χ4n) is 4.22. The molecule has 5 rings (SSSR count). The Bertz CT molecular complexity index is 1300. The predicted molar refractivity (Wildman–Crippen MR) is 131 cm³/mol. The van der Waals surface area contributed by atoms with E-state index in [2.05, 4.69) is 30.6 Å². The van der Waals surface area contributed by atoms with E-state index in [0.29, 0.717) is 35.1 Å².